The van der Waals surface area contributed by atoms with Crippen molar-refractivity contribution < 1.29 is 0 Å². The second-order valence-corrected chi connectivity index (χ2v) is 5.61. The van der Waals surface area contributed by atoms with Gasteiger partial charge in [-0.05, 0) is 30.9 Å². The van der Waals surface area contributed by atoms with E-state index < -0.39 is 0 Å². The van der Waals surface area contributed by atoms with Crippen LogP contribution in [0.25, 0.3) is 11.4 Å². The van der Waals surface area contributed by atoms with Gasteiger partial charge in [-0.3, -0.25) is 0 Å². The summed E-state index contributed by atoms with van der Waals surface area (Å²) >= 11 is 0. The lowest BCUT2D eigenvalue weighted by Gasteiger charge is -2.07. The van der Waals surface area contributed by atoms with E-state index in [2.05, 4.69) is 53.4 Å². The van der Waals surface area contributed by atoms with Crippen LogP contribution in [0.5, 0.6) is 0 Å². The smallest absolute Gasteiger partial charge is 0.137 e. The number of H-pyrrole nitrogens is 1. The quantitative estimate of drug-likeness (QED) is 0.879. The topological polar surface area (TPSA) is 40.7 Å². The van der Waals surface area contributed by atoms with Crippen molar-refractivity contribution in [2.45, 2.75) is 38.6 Å². The van der Waals surface area contributed by atoms with E-state index in [1.54, 1.807) is 0 Å². The molecule has 2 heterocycles. The van der Waals surface area contributed by atoms with Crippen LogP contribution in [0.3, 0.4) is 0 Å². The van der Waals surface area contributed by atoms with Gasteiger partial charge < -0.3 is 10.3 Å². The number of nitrogens with one attached hydrogen (secondary N) is 2. The lowest BCUT2D eigenvalue weighted by molar-refractivity contribution is 0.632. The van der Waals surface area contributed by atoms with Gasteiger partial charge in [0.2, 0.25) is 0 Å². The Kier molecular flexibility index (Phi) is 3.38. The normalized spacial score (nSPS) is 19.2. The first kappa shape index (κ1) is 12.4. The maximum atomic E-state index is 4.51. The summed E-state index contributed by atoms with van der Waals surface area (Å²) in [5.74, 6) is 1.54. The highest BCUT2D eigenvalue weighted by atomic mass is 15.0. The maximum absolute atomic E-state index is 4.51. The van der Waals surface area contributed by atoms with Gasteiger partial charge >= 0.3 is 0 Å². The molecule has 3 rings (SSSR count). The van der Waals surface area contributed by atoms with Crippen molar-refractivity contribution in [2.24, 2.45) is 0 Å². The average Bonchev–Trinajstić information content (AvgIpc) is 3.10. The maximum Gasteiger partial charge on any atom is 0.137 e. The third-order valence-corrected chi connectivity index (χ3v) is 3.88. The Hall–Kier alpha value is -1.61. The molecule has 0 bridgehead atoms. The second kappa shape index (κ2) is 5.17. The first-order chi connectivity index (χ1) is 9.24. The molecule has 100 valence electrons. The molecule has 1 aliphatic heterocycles. The van der Waals surface area contributed by atoms with E-state index in [9.17, 15) is 0 Å². The molecule has 1 fully saturated rings. The molecule has 2 aromatic rings. The zero-order valence-electron chi connectivity index (χ0n) is 11.6. The van der Waals surface area contributed by atoms with Crippen LogP contribution in [0.15, 0.2) is 30.5 Å². The molecule has 0 amide bonds. The minimum atomic E-state index is 0.455. The largest absolute Gasteiger partial charge is 0.341 e. The zero-order chi connectivity index (χ0) is 13.2. The van der Waals surface area contributed by atoms with Crippen LogP contribution in [0.4, 0.5) is 0 Å². The van der Waals surface area contributed by atoms with Gasteiger partial charge in [-0.15, -0.1) is 0 Å². The Labute approximate surface area is 114 Å². The number of rotatable bonds is 3. The lowest BCUT2D eigenvalue weighted by Crippen LogP contribution is -2.12. The molecule has 1 atom stereocenters. The van der Waals surface area contributed by atoms with Crippen molar-refractivity contribution in [1.82, 2.24) is 15.3 Å². The first-order valence-electron chi connectivity index (χ1n) is 7.12. The van der Waals surface area contributed by atoms with Crippen molar-refractivity contribution in [2.75, 3.05) is 6.54 Å². The van der Waals surface area contributed by atoms with Crippen LogP contribution in [-0.4, -0.2) is 16.5 Å². The minimum absolute atomic E-state index is 0.455. The molecule has 1 saturated heterocycles. The van der Waals surface area contributed by atoms with Gasteiger partial charge in [-0.1, -0.05) is 38.1 Å². The second-order valence-electron chi connectivity index (χ2n) is 5.61. The van der Waals surface area contributed by atoms with Gasteiger partial charge in [0, 0.05) is 11.6 Å². The Morgan fingerprint density at radius 3 is 2.63 bits per heavy atom. The third-order valence-electron chi connectivity index (χ3n) is 3.88. The first-order valence-corrected chi connectivity index (χ1v) is 7.12. The van der Waals surface area contributed by atoms with Crippen molar-refractivity contribution in [3.05, 3.63) is 41.7 Å². The van der Waals surface area contributed by atoms with Gasteiger partial charge in [-0.2, -0.15) is 0 Å². The summed E-state index contributed by atoms with van der Waals surface area (Å²) in [5, 5.41) is 3.49. The Balaban J connectivity index is 1.81. The number of nitrogens with zero attached hydrogens (tertiary/aromatic N) is 1. The molecule has 1 aliphatic rings. The van der Waals surface area contributed by atoms with Crippen LogP contribution in [0.1, 0.15) is 49.9 Å². The number of imidazole rings is 1. The van der Waals surface area contributed by atoms with Crippen LogP contribution >= 0.6 is 0 Å². The predicted octanol–water partition coefficient (Wildman–Crippen LogP) is 3.62. The fourth-order valence-corrected chi connectivity index (χ4v) is 2.64. The Morgan fingerprint density at radius 1 is 1.21 bits per heavy atom. The van der Waals surface area contributed by atoms with Crippen molar-refractivity contribution >= 4 is 0 Å². The monoisotopic (exact) mass is 255 g/mol. The van der Waals surface area contributed by atoms with Crippen LogP contribution in [-0.2, 0) is 0 Å². The molecule has 19 heavy (non-hydrogen) atoms. The van der Waals surface area contributed by atoms with Crippen LogP contribution < -0.4 is 5.32 Å². The number of aromatic nitrogens is 2. The average molecular weight is 255 g/mol. The van der Waals surface area contributed by atoms with E-state index in [1.165, 1.54) is 24.1 Å². The van der Waals surface area contributed by atoms with Crippen molar-refractivity contribution in [1.29, 1.82) is 0 Å². The van der Waals surface area contributed by atoms with E-state index >= 15 is 0 Å². The van der Waals surface area contributed by atoms with E-state index in [1.807, 2.05) is 6.20 Å². The molecule has 0 spiro atoms. The highest BCUT2D eigenvalue weighted by molar-refractivity contribution is 5.56. The zero-order valence-corrected chi connectivity index (χ0v) is 11.6. The van der Waals surface area contributed by atoms with Gasteiger partial charge in [0.25, 0.3) is 0 Å². The molecule has 1 aromatic heterocycles. The third kappa shape index (κ3) is 2.56. The molecular formula is C16H21N3. The number of aromatic amines is 1. The molecular weight excluding hydrogens is 234 g/mol. The molecule has 2 N–H and O–H groups in total. The summed E-state index contributed by atoms with van der Waals surface area (Å²) in [6.45, 7) is 5.54. The molecule has 0 saturated carbocycles. The minimum Gasteiger partial charge on any atom is -0.341 e. The fourth-order valence-electron chi connectivity index (χ4n) is 2.64. The van der Waals surface area contributed by atoms with E-state index in [0.29, 0.717) is 12.0 Å². The fraction of sp³-hybridized carbons (Fsp3) is 0.438. The summed E-state index contributed by atoms with van der Waals surface area (Å²) in [6, 6.07) is 9.14. The van der Waals surface area contributed by atoms with Crippen molar-refractivity contribution in [3.63, 3.8) is 0 Å². The summed E-state index contributed by atoms with van der Waals surface area (Å²) in [6.07, 6.45) is 4.42. The SMILES string of the molecule is CC(C)c1ccc(-c2ncc(C3CCCN3)[nH]2)cc1. The van der Waals surface area contributed by atoms with E-state index in [0.717, 1.165) is 17.9 Å². The van der Waals surface area contributed by atoms with Gasteiger partial charge in [-0.25, -0.2) is 4.98 Å². The van der Waals surface area contributed by atoms with Gasteiger partial charge in [0.15, 0.2) is 0 Å². The summed E-state index contributed by atoms with van der Waals surface area (Å²) in [4.78, 5) is 7.96. The molecule has 0 radical (unpaired) electrons. The highest BCUT2D eigenvalue weighted by Gasteiger charge is 2.18. The molecule has 3 heteroatoms. The number of benzene rings is 1. The van der Waals surface area contributed by atoms with Gasteiger partial charge in [0.1, 0.15) is 5.82 Å². The molecule has 1 aromatic carbocycles. The van der Waals surface area contributed by atoms with Gasteiger partial charge in [0.05, 0.1) is 11.9 Å². The number of hydrogen-bond donors (Lipinski definition) is 2. The molecule has 1 unspecified atom stereocenters. The number of hydrogen-bond acceptors (Lipinski definition) is 2. The van der Waals surface area contributed by atoms with Crippen LogP contribution in [0.2, 0.25) is 0 Å². The lowest BCUT2D eigenvalue weighted by atomic mass is 10.0. The predicted molar refractivity (Wildman–Crippen MR) is 78.1 cm³/mol. The highest BCUT2D eigenvalue weighted by Crippen LogP contribution is 2.25. The Bertz CT molecular complexity index is 533. The summed E-state index contributed by atoms with van der Waals surface area (Å²) in [7, 11) is 0. The van der Waals surface area contributed by atoms with E-state index in [-0.39, 0.29) is 0 Å². The van der Waals surface area contributed by atoms with Crippen molar-refractivity contribution in [3.8, 4) is 11.4 Å². The molecule has 3 nitrogen and oxygen atoms in total. The standard InChI is InChI=1S/C16H21N3/c1-11(2)12-5-7-13(8-6-12)16-18-10-15(19-16)14-4-3-9-17-14/h5-8,10-11,14,17H,3-4,9H2,1-2H3,(H,18,19). The summed E-state index contributed by atoms with van der Waals surface area (Å²) < 4.78 is 0. The summed E-state index contributed by atoms with van der Waals surface area (Å²) in [5.41, 5.74) is 3.74. The molecule has 0 aliphatic carbocycles. The van der Waals surface area contributed by atoms with E-state index in [4.69, 9.17) is 0 Å². The van der Waals surface area contributed by atoms with Crippen LogP contribution in [0, 0.1) is 0 Å². The Morgan fingerprint density at radius 2 is 2.00 bits per heavy atom.